The minimum atomic E-state index is -2.42. The number of hydrogen-bond acceptors (Lipinski definition) is 5. The van der Waals surface area contributed by atoms with Crippen molar-refractivity contribution in [1.29, 1.82) is 0 Å². The molecule has 0 heterocycles. The molecule has 0 radical (unpaired) electrons. The van der Waals surface area contributed by atoms with Gasteiger partial charge >= 0.3 is 25.7 Å². The highest BCUT2D eigenvalue weighted by atomic mass is 28.5. The van der Waals surface area contributed by atoms with E-state index in [1.165, 1.54) is 0 Å². The van der Waals surface area contributed by atoms with E-state index in [4.69, 9.17) is 21.2 Å². The predicted molar refractivity (Wildman–Crippen MR) is 119 cm³/mol. The zero-order chi connectivity index (χ0) is 20.2. The first-order valence-corrected chi connectivity index (χ1v) is 24.2. The van der Waals surface area contributed by atoms with Crippen molar-refractivity contribution in [2.24, 2.45) is 0 Å². The maximum absolute atomic E-state index is 6.68. The normalized spacial score (nSPS) is 14.9. The summed E-state index contributed by atoms with van der Waals surface area (Å²) in [6, 6.07) is 0.901. The molecule has 0 aromatic rings. The van der Waals surface area contributed by atoms with Crippen LogP contribution in [-0.2, 0) is 21.2 Å². The van der Waals surface area contributed by atoms with Gasteiger partial charge in [-0.05, 0) is 84.5 Å². The molecule has 0 aliphatic rings. The Kier molecular flexibility index (Phi) is 9.72. The second kappa shape index (κ2) is 9.39. The Labute approximate surface area is 161 Å². The van der Waals surface area contributed by atoms with Crippen LogP contribution in [0, 0.1) is 0 Å². The van der Waals surface area contributed by atoms with Crippen LogP contribution in [-0.4, -0.2) is 56.0 Å². The standard InChI is InChI=1S/C15H42O5Si5/c1-16-14-13-15-25(12,19-23(8,9)17-21(2,3)4)20-24(10,11)18-22(5,6)7/h13-15H2,1-12H3. The lowest BCUT2D eigenvalue weighted by molar-refractivity contribution is 0.195. The highest BCUT2D eigenvalue weighted by molar-refractivity contribution is 6.90. The molecule has 0 aromatic carbocycles. The van der Waals surface area contributed by atoms with E-state index >= 15 is 0 Å². The van der Waals surface area contributed by atoms with Crippen LogP contribution < -0.4 is 0 Å². The van der Waals surface area contributed by atoms with Crippen molar-refractivity contribution in [3.05, 3.63) is 0 Å². The third kappa shape index (κ3) is 13.7. The maximum Gasteiger partial charge on any atom is 0.317 e. The zero-order valence-electron chi connectivity index (χ0n) is 18.7. The molecule has 5 nitrogen and oxygen atoms in total. The van der Waals surface area contributed by atoms with Crippen molar-refractivity contribution in [2.75, 3.05) is 13.7 Å². The summed E-state index contributed by atoms with van der Waals surface area (Å²) in [4.78, 5) is 0. The third-order valence-electron chi connectivity index (χ3n) is 3.01. The lowest BCUT2D eigenvalue weighted by atomic mass is 10.5. The van der Waals surface area contributed by atoms with E-state index in [1.54, 1.807) is 7.11 Å². The highest BCUT2D eigenvalue weighted by Gasteiger charge is 2.46. The number of hydrogen-bond donors (Lipinski definition) is 0. The molecule has 0 rings (SSSR count). The van der Waals surface area contributed by atoms with E-state index in [0.29, 0.717) is 0 Å². The number of rotatable bonds is 12. The first-order valence-electron chi connectivity index (χ1n) is 9.18. The van der Waals surface area contributed by atoms with Crippen LogP contribution in [0.2, 0.25) is 78.1 Å². The van der Waals surface area contributed by atoms with Gasteiger partial charge in [-0.3, -0.25) is 0 Å². The molecule has 25 heavy (non-hydrogen) atoms. The van der Waals surface area contributed by atoms with Gasteiger partial charge in [0.1, 0.15) is 0 Å². The van der Waals surface area contributed by atoms with Gasteiger partial charge < -0.3 is 21.2 Å². The van der Waals surface area contributed by atoms with Gasteiger partial charge in [-0.25, -0.2) is 0 Å². The van der Waals surface area contributed by atoms with Gasteiger partial charge in [0.25, 0.3) is 0 Å². The first-order chi connectivity index (χ1) is 10.9. The predicted octanol–water partition coefficient (Wildman–Crippen LogP) is 5.23. The molecule has 0 saturated heterocycles. The molecule has 152 valence electrons. The molecule has 0 spiro atoms. The molecule has 0 bridgehead atoms. The van der Waals surface area contributed by atoms with Gasteiger partial charge in [-0.1, -0.05) is 0 Å². The lowest BCUT2D eigenvalue weighted by Gasteiger charge is -2.43. The molecule has 0 aliphatic heterocycles. The van der Waals surface area contributed by atoms with Gasteiger partial charge in [-0.2, -0.15) is 0 Å². The molecule has 0 unspecified atom stereocenters. The summed E-state index contributed by atoms with van der Waals surface area (Å²) in [6.45, 7) is 24.7. The molecule has 0 aliphatic carbocycles. The molecule has 0 saturated carbocycles. The van der Waals surface area contributed by atoms with Crippen LogP contribution in [0.4, 0.5) is 0 Å². The summed E-state index contributed by atoms with van der Waals surface area (Å²) in [5.74, 6) is 0. The number of methoxy groups -OCH3 is 1. The summed E-state index contributed by atoms with van der Waals surface area (Å²) < 4.78 is 31.4. The topological polar surface area (TPSA) is 46.2 Å². The van der Waals surface area contributed by atoms with Gasteiger partial charge in [0.05, 0.1) is 0 Å². The quantitative estimate of drug-likeness (QED) is 0.306. The van der Waals surface area contributed by atoms with Gasteiger partial charge in [0.15, 0.2) is 16.6 Å². The SMILES string of the molecule is COCCC[Si](C)(O[Si](C)(C)O[Si](C)(C)C)O[Si](C)(C)O[Si](C)(C)C. The zero-order valence-corrected chi connectivity index (χ0v) is 23.7. The average Bonchev–Trinajstić information content (AvgIpc) is 2.18. The van der Waals surface area contributed by atoms with Crippen molar-refractivity contribution < 1.29 is 21.2 Å². The molecule has 0 fully saturated rings. The Morgan fingerprint density at radius 2 is 0.920 bits per heavy atom. The highest BCUT2D eigenvalue weighted by Crippen LogP contribution is 2.29. The van der Waals surface area contributed by atoms with Gasteiger partial charge in [-0.15, -0.1) is 0 Å². The Balaban J connectivity index is 5.29. The monoisotopic (exact) mass is 442 g/mol. The Morgan fingerprint density at radius 3 is 1.20 bits per heavy atom. The van der Waals surface area contributed by atoms with Crippen molar-refractivity contribution >= 4 is 42.3 Å². The molecular weight excluding hydrogens is 401 g/mol. The average molecular weight is 443 g/mol. The van der Waals surface area contributed by atoms with Gasteiger partial charge in [0, 0.05) is 13.7 Å². The van der Waals surface area contributed by atoms with Crippen molar-refractivity contribution in [3.63, 3.8) is 0 Å². The van der Waals surface area contributed by atoms with Crippen LogP contribution >= 0.6 is 0 Å². The fourth-order valence-electron chi connectivity index (χ4n) is 3.22. The summed E-state index contributed by atoms with van der Waals surface area (Å²) in [5, 5.41) is 0. The summed E-state index contributed by atoms with van der Waals surface area (Å²) in [6.07, 6.45) is 0.939. The minimum absolute atomic E-state index is 0.725. The summed E-state index contributed by atoms with van der Waals surface area (Å²) in [5.41, 5.74) is 0. The summed E-state index contributed by atoms with van der Waals surface area (Å²) >= 11 is 0. The van der Waals surface area contributed by atoms with E-state index in [-0.39, 0.29) is 0 Å². The molecule has 0 atom stereocenters. The van der Waals surface area contributed by atoms with Gasteiger partial charge in [0.2, 0.25) is 0 Å². The largest absolute Gasteiger partial charge is 0.437 e. The van der Waals surface area contributed by atoms with Crippen molar-refractivity contribution in [3.8, 4) is 0 Å². The smallest absolute Gasteiger partial charge is 0.317 e. The van der Waals surface area contributed by atoms with Crippen molar-refractivity contribution in [2.45, 2.75) is 84.5 Å². The van der Waals surface area contributed by atoms with Crippen LogP contribution in [0.5, 0.6) is 0 Å². The Hall–Kier alpha value is 0.884. The minimum Gasteiger partial charge on any atom is -0.437 e. The van der Waals surface area contributed by atoms with Crippen LogP contribution in [0.3, 0.4) is 0 Å². The molecule has 0 aromatic heterocycles. The number of ether oxygens (including phenoxy) is 1. The second-order valence-corrected chi connectivity index (χ2v) is 29.7. The van der Waals surface area contributed by atoms with E-state index in [2.05, 4.69) is 72.0 Å². The fraction of sp³-hybridized carbons (Fsp3) is 1.00. The Bertz CT molecular complexity index is 374. The Morgan fingerprint density at radius 1 is 0.560 bits per heavy atom. The fourth-order valence-corrected chi connectivity index (χ4v) is 26.6. The maximum atomic E-state index is 6.68. The molecule has 10 heteroatoms. The lowest BCUT2D eigenvalue weighted by Crippen LogP contribution is -2.59. The van der Waals surface area contributed by atoms with E-state index in [9.17, 15) is 0 Å². The molecule has 0 amide bonds. The third-order valence-corrected chi connectivity index (χ3v) is 20.5. The van der Waals surface area contributed by atoms with Crippen LogP contribution in [0.15, 0.2) is 0 Å². The van der Waals surface area contributed by atoms with Crippen LogP contribution in [0.25, 0.3) is 0 Å². The van der Waals surface area contributed by atoms with E-state index < -0.39 is 42.3 Å². The van der Waals surface area contributed by atoms with Crippen molar-refractivity contribution in [1.82, 2.24) is 0 Å². The second-order valence-electron chi connectivity index (χ2n) is 9.66. The van der Waals surface area contributed by atoms with Crippen LogP contribution in [0.1, 0.15) is 6.42 Å². The summed E-state index contributed by atoms with van der Waals surface area (Å²) in [7, 11) is -8.52. The van der Waals surface area contributed by atoms with E-state index in [0.717, 1.165) is 19.1 Å². The molecule has 0 N–H and O–H groups in total. The molecular formula is C15H42O5Si5. The first kappa shape index (κ1) is 25.9. The van der Waals surface area contributed by atoms with E-state index in [1.807, 2.05) is 0 Å².